The SMILES string of the molecule is Cc1ccc(OCCCO)c(-c2nc3nc(C#N)nc(N[C@H](C)C4CC4)c3n2Cc2ccc(Cl)cc2)c1. The van der Waals surface area contributed by atoms with Gasteiger partial charge in [-0.1, -0.05) is 35.4 Å². The molecule has 0 amide bonds. The van der Waals surface area contributed by atoms with Crippen LogP contribution < -0.4 is 10.1 Å². The van der Waals surface area contributed by atoms with Crippen molar-refractivity contribution in [3.05, 3.63) is 64.4 Å². The molecule has 0 radical (unpaired) electrons. The van der Waals surface area contributed by atoms with Gasteiger partial charge in [0.1, 0.15) is 23.2 Å². The molecule has 8 nitrogen and oxygen atoms in total. The highest BCUT2D eigenvalue weighted by molar-refractivity contribution is 6.30. The summed E-state index contributed by atoms with van der Waals surface area (Å²) in [5.74, 6) is 2.60. The Bertz CT molecular complexity index is 1460. The Balaban J connectivity index is 1.71. The minimum Gasteiger partial charge on any atom is -0.493 e. The van der Waals surface area contributed by atoms with Crippen molar-refractivity contribution in [2.24, 2.45) is 5.92 Å². The molecule has 4 aromatic rings. The van der Waals surface area contributed by atoms with Crippen LogP contribution in [0.5, 0.6) is 5.75 Å². The van der Waals surface area contributed by atoms with Crippen LogP contribution in [-0.4, -0.2) is 43.9 Å². The molecule has 0 saturated heterocycles. The zero-order valence-corrected chi connectivity index (χ0v) is 21.7. The van der Waals surface area contributed by atoms with E-state index in [0.29, 0.717) is 53.6 Å². The van der Waals surface area contributed by atoms with Crippen molar-refractivity contribution in [2.45, 2.75) is 45.7 Å². The van der Waals surface area contributed by atoms with E-state index in [1.54, 1.807) is 0 Å². The number of rotatable bonds is 10. The third-order valence-electron chi connectivity index (χ3n) is 6.59. The van der Waals surface area contributed by atoms with Gasteiger partial charge >= 0.3 is 0 Å². The lowest BCUT2D eigenvalue weighted by molar-refractivity contribution is 0.234. The monoisotopic (exact) mass is 516 g/mol. The lowest BCUT2D eigenvalue weighted by Crippen LogP contribution is -2.19. The van der Waals surface area contributed by atoms with Crippen LogP contribution in [0.25, 0.3) is 22.6 Å². The van der Waals surface area contributed by atoms with E-state index in [4.69, 9.17) is 21.3 Å². The lowest BCUT2D eigenvalue weighted by Gasteiger charge is -2.17. The van der Waals surface area contributed by atoms with Gasteiger partial charge in [0.2, 0.25) is 5.82 Å². The maximum atomic E-state index is 9.64. The fourth-order valence-corrected chi connectivity index (χ4v) is 4.57. The zero-order chi connectivity index (χ0) is 25.9. The summed E-state index contributed by atoms with van der Waals surface area (Å²) in [4.78, 5) is 14.0. The normalized spacial score (nSPS) is 13.9. The maximum Gasteiger partial charge on any atom is 0.236 e. The average Bonchev–Trinajstić information content (AvgIpc) is 3.69. The number of nitrogens with zero attached hydrogens (tertiary/aromatic N) is 5. The summed E-state index contributed by atoms with van der Waals surface area (Å²) in [6.45, 7) is 5.09. The van der Waals surface area contributed by atoms with Gasteiger partial charge in [-0.15, -0.1) is 0 Å². The van der Waals surface area contributed by atoms with Crippen LogP contribution in [0.4, 0.5) is 5.82 Å². The zero-order valence-electron chi connectivity index (χ0n) is 20.9. The minimum atomic E-state index is 0.0526. The molecule has 2 aromatic carbocycles. The first-order valence-corrected chi connectivity index (χ1v) is 12.9. The van der Waals surface area contributed by atoms with Gasteiger partial charge in [0.15, 0.2) is 11.5 Å². The van der Waals surface area contributed by atoms with Gasteiger partial charge in [0.05, 0.1) is 12.2 Å². The van der Waals surface area contributed by atoms with E-state index < -0.39 is 0 Å². The molecule has 0 aliphatic heterocycles. The van der Waals surface area contributed by atoms with E-state index in [0.717, 1.165) is 22.2 Å². The molecule has 0 spiro atoms. The Kier molecular flexibility index (Phi) is 7.26. The van der Waals surface area contributed by atoms with E-state index in [2.05, 4.69) is 32.8 Å². The second-order valence-electron chi connectivity index (χ2n) is 9.52. The molecule has 2 aromatic heterocycles. The van der Waals surface area contributed by atoms with E-state index in [-0.39, 0.29) is 18.5 Å². The number of hydrogen-bond donors (Lipinski definition) is 2. The molecule has 190 valence electrons. The standard InChI is InChI=1S/C28H29ClN6O2/c1-17-4-11-23(37-13-3-12-36)22(14-17)28-34-27-25(35(28)16-19-5-9-21(29)10-6-19)26(32-24(15-30)33-27)31-18(2)20-7-8-20/h4-6,9-11,14,18,20,36H,3,7-8,12-13,16H2,1-2H3,(H,31,32,33)/t18-/m1/s1. The van der Waals surface area contributed by atoms with Crippen molar-refractivity contribution in [1.82, 2.24) is 19.5 Å². The number of nitrogens with one attached hydrogen (secondary N) is 1. The number of benzene rings is 2. The van der Waals surface area contributed by atoms with Gasteiger partial charge in [0.25, 0.3) is 0 Å². The number of fused-ring (bicyclic) bond motifs is 1. The molecular weight excluding hydrogens is 488 g/mol. The third kappa shape index (κ3) is 5.53. The second kappa shape index (κ2) is 10.8. The fourth-order valence-electron chi connectivity index (χ4n) is 4.44. The number of aliphatic hydroxyl groups excluding tert-OH is 1. The van der Waals surface area contributed by atoms with Crippen molar-refractivity contribution in [1.29, 1.82) is 5.26 Å². The summed E-state index contributed by atoms with van der Waals surface area (Å²) in [6, 6.07) is 15.9. The molecule has 1 fully saturated rings. The predicted octanol–water partition coefficient (Wildman–Crippen LogP) is 5.35. The molecule has 2 N–H and O–H groups in total. The van der Waals surface area contributed by atoms with Crippen LogP contribution in [0.2, 0.25) is 5.02 Å². The van der Waals surface area contributed by atoms with Gasteiger partial charge in [-0.05, 0) is 62.4 Å². The number of hydrogen-bond acceptors (Lipinski definition) is 7. The first kappa shape index (κ1) is 25.0. The Hall–Kier alpha value is -3.67. The molecule has 1 aliphatic carbocycles. The van der Waals surface area contributed by atoms with E-state index in [1.807, 2.05) is 49.4 Å². The summed E-state index contributed by atoms with van der Waals surface area (Å²) in [5, 5.41) is 23.1. The molecule has 1 aliphatic rings. The average molecular weight is 517 g/mol. The van der Waals surface area contributed by atoms with E-state index in [9.17, 15) is 10.4 Å². The Morgan fingerprint density at radius 2 is 1.97 bits per heavy atom. The van der Waals surface area contributed by atoms with Gasteiger partial charge in [-0.3, -0.25) is 0 Å². The molecule has 0 bridgehead atoms. The van der Waals surface area contributed by atoms with Gasteiger partial charge in [-0.25, -0.2) is 4.98 Å². The first-order valence-electron chi connectivity index (χ1n) is 12.5. The van der Waals surface area contributed by atoms with Crippen molar-refractivity contribution in [3.8, 4) is 23.2 Å². The van der Waals surface area contributed by atoms with Crippen LogP contribution in [0.3, 0.4) is 0 Å². The third-order valence-corrected chi connectivity index (χ3v) is 6.84. The number of ether oxygens (including phenoxy) is 1. The highest BCUT2D eigenvalue weighted by Gasteiger charge is 2.30. The fraction of sp³-hybridized carbons (Fsp3) is 0.357. The molecular formula is C28H29ClN6O2. The number of aliphatic hydroxyl groups is 1. The van der Waals surface area contributed by atoms with Crippen LogP contribution in [0.15, 0.2) is 42.5 Å². The minimum absolute atomic E-state index is 0.0526. The summed E-state index contributed by atoms with van der Waals surface area (Å²) < 4.78 is 8.13. The van der Waals surface area contributed by atoms with Crippen LogP contribution in [-0.2, 0) is 6.54 Å². The molecule has 2 heterocycles. The Labute approximate surface area is 220 Å². The number of halogens is 1. The molecule has 0 unspecified atom stereocenters. The highest BCUT2D eigenvalue weighted by atomic mass is 35.5. The van der Waals surface area contributed by atoms with Crippen LogP contribution >= 0.6 is 11.6 Å². The summed E-state index contributed by atoms with van der Waals surface area (Å²) in [5.41, 5.74) is 4.08. The van der Waals surface area contributed by atoms with Gasteiger partial charge in [-0.2, -0.15) is 15.2 Å². The number of anilines is 1. The van der Waals surface area contributed by atoms with Crippen molar-refractivity contribution < 1.29 is 9.84 Å². The van der Waals surface area contributed by atoms with E-state index >= 15 is 0 Å². The number of nitriles is 1. The van der Waals surface area contributed by atoms with Gasteiger partial charge in [0, 0.05) is 30.6 Å². The molecule has 1 saturated carbocycles. The number of aryl methyl sites for hydroxylation is 1. The maximum absolute atomic E-state index is 9.64. The largest absolute Gasteiger partial charge is 0.493 e. The Morgan fingerprint density at radius 1 is 1.19 bits per heavy atom. The van der Waals surface area contributed by atoms with Crippen LogP contribution in [0.1, 0.15) is 43.1 Å². The number of aromatic nitrogens is 4. The quantitative estimate of drug-likeness (QED) is 0.273. The molecule has 9 heteroatoms. The second-order valence-corrected chi connectivity index (χ2v) is 9.96. The van der Waals surface area contributed by atoms with Gasteiger partial charge < -0.3 is 19.7 Å². The molecule has 1 atom stereocenters. The molecule has 37 heavy (non-hydrogen) atoms. The van der Waals surface area contributed by atoms with E-state index in [1.165, 1.54) is 12.8 Å². The highest BCUT2D eigenvalue weighted by Crippen LogP contribution is 2.37. The van der Waals surface area contributed by atoms with Crippen molar-refractivity contribution in [2.75, 3.05) is 18.5 Å². The van der Waals surface area contributed by atoms with Crippen LogP contribution in [0, 0.1) is 24.2 Å². The topological polar surface area (TPSA) is 109 Å². The van der Waals surface area contributed by atoms with Crippen molar-refractivity contribution in [3.63, 3.8) is 0 Å². The smallest absolute Gasteiger partial charge is 0.236 e. The lowest BCUT2D eigenvalue weighted by atomic mass is 10.1. The first-order chi connectivity index (χ1) is 18.0. The predicted molar refractivity (Wildman–Crippen MR) is 144 cm³/mol. The van der Waals surface area contributed by atoms with Crippen molar-refractivity contribution >= 4 is 28.6 Å². The summed E-state index contributed by atoms with van der Waals surface area (Å²) in [7, 11) is 0. The summed E-state index contributed by atoms with van der Waals surface area (Å²) in [6.07, 6.45) is 2.89. The molecule has 5 rings (SSSR count). The Morgan fingerprint density at radius 3 is 2.68 bits per heavy atom. The summed E-state index contributed by atoms with van der Waals surface area (Å²) >= 11 is 6.15. The number of imidazole rings is 1.